The molecule has 2 heterocycles. The van der Waals surface area contributed by atoms with Crippen molar-refractivity contribution in [2.75, 3.05) is 0 Å². The summed E-state index contributed by atoms with van der Waals surface area (Å²) < 4.78 is 22.5. The van der Waals surface area contributed by atoms with Crippen molar-refractivity contribution in [2.24, 2.45) is 10.8 Å². The second-order valence-corrected chi connectivity index (χ2v) is 12.4. The molecule has 0 spiro atoms. The van der Waals surface area contributed by atoms with Crippen LogP contribution in [0.1, 0.15) is 27.7 Å². The molecule has 0 radical (unpaired) electrons. The van der Waals surface area contributed by atoms with Crippen molar-refractivity contribution in [3.05, 3.63) is 24.7 Å². The van der Waals surface area contributed by atoms with Crippen LogP contribution in [0.4, 0.5) is 0 Å². The highest BCUT2D eigenvalue weighted by atomic mass is 33.1. The van der Waals surface area contributed by atoms with E-state index in [1.54, 1.807) is 34.1 Å². The van der Waals surface area contributed by atoms with Gasteiger partial charge < -0.3 is 18.1 Å². The van der Waals surface area contributed by atoms with E-state index in [-0.39, 0.29) is 21.7 Å². The van der Waals surface area contributed by atoms with Crippen LogP contribution in [0.25, 0.3) is 0 Å². The molecule has 22 heavy (non-hydrogen) atoms. The summed E-state index contributed by atoms with van der Waals surface area (Å²) in [4.78, 5) is 0. The fourth-order valence-electron chi connectivity index (χ4n) is 1.61. The van der Waals surface area contributed by atoms with Gasteiger partial charge in [0, 0.05) is 10.8 Å². The van der Waals surface area contributed by atoms with Crippen molar-refractivity contribution in [3.8, 4) is 0 Å². The molecule has 10 heteroatoms. The normalized spacial score (nSPS) is 36.7. The molecule has 0 fully saturated rings. The van der Waals surface area contributed by atoms with E-state index in [0.29, 0.717) is 0 Å². The van der Waals surface area contributed by atoms with Crippen molar-refractivity contribution in [3.63, 3.8) is 0 Å². The van der Waals surface area contributed by atoms with Gasteiger partial charge in [0.2, 0.25) is 14.3 Å². The van der Waals surface area contributed by atoms with E-state index < -0.39 is 14.3 Å². The summed E-state index contributed by atoms with van der Waals surface area (Å²) in [6, 6.07) is 0. The average molecular weight is 419 g/mol. The molecule has 0 N–H and O–H groups in total. The molecule has 2 aliphatic rings. The third-order valence-electron chi connectivity index (χ3n) is 3.18. The molecule has 4 unspecified atom stereocenters. The van der Waals surface area contributed by atoms with Crippen LogP contribution in [0.2, 0.25) is 0 Å². The maximum atomic E-state index is 5.90. The maximum Gasteiger partial charge on any atom is 0.226 e. The van der Waals surface area contributed by atoms with Gasteiger partial charge in [0.25, 0.3) is 0 Å². The molecule has 0 saturated heterocycles. The first-order chi connectivity index (χ1) is 10.2. The summed E-state index contributed by atoms with van der Waals surface area (Å²) >= 11 is 10.4. The van der Waals surface area contributed by atoms with Crippen molar-refractivity contribution in [1.82, 2.24) is 0 Å². The quantitative estimate of drug-likeness (QED) is 0.457. The molecule has 0 bridgehead atoms. The lowest BCUT2D eigenvalue weighted by Crippen LogP contribution is -2.27. The van der Waals surface area contributed by atoms with Crippen LogP contribution in [0, 0.1) is 10.8 Å². The second kappa shape index (κ2) is 7.92. The van der Waals surface area contributed by atoms with E-state index in [1.807, 2.05) is 12.2 Å². The highest BCUT2D eigenvalue weighted by molar-refractivity contribution is 8.77. The Morgan fingerprint density at radius 2 is 1.18 bits per heavy atom. The van der Waals surface area contributed by atoms with Crippen molar-refractivity contribution in [1.29, 1.82) is 0 Å². The lowest BCUT2D eigenvalue weighted by atomic mass is 9.95. The SMILES string of the molecule is CC1(C)C=CO[PH](=S)OC1SSC1O[PH](=S)OC=CC1(C)C. The molecule has 2 aliphatic heterocycles. The van der Waals surface area contributed by atoms with E-state index >= 15 is 0 Å². The first-order valence-electron chi connectivity index (χ1n) is 6.63. The Kier molecular flexibility index (Phi) is 6.96. The molecule has 4 nitrogen and oxygen atoms in total. The molecule has 126 valence electrons. The molecule has 0 saturated carbocycles. The Labute approximate surface area is 151 Å². The first-order valence-corrected chi connectivity index (χ1v) is 13.8. The topological polar surface area (TPSA) is 36.9 Å². The average Bonchev–Trinajstić information content (AvgIpc) is 2.60. The van der Waals surface area contributed by atoms with Crippen LogP contribution in [-0.4, -0.2) is 10.9 Å². The minimum Gasteiger partial charge on any atom is -0.453 e. The Morgan fingerprint density at radius 3 is 1.55 bits per heavy atom. The zero-order chi connectivity index (χ0) is 16.4. The van der Waals surface area contributed by atoms with Crippen molar-refractivity contribution >= 4 is 59.5 Å². The van der Waals surface area contributed by atoms with Gasteiger partial charge in [-0.1, -0.05) is 49.3 Å². The first kappa shape index (κ1) is 19.3. The van der Waals surface area contributed by atoms with Crippen LogP contribution >= 0.6 is 35.9 Å². The maximum absolute atomic E-state index is 5.90. The number of hydrogen-bond donors (Lipinski definition) is 0. The van der Waals surface area contributed by atoms with Gasteiger partial charge in [-0.2, -0.15) is 0 Å². The second-order valence-electron chi connectivity index (χ2n) is 6.08. The number of hydrogen-bond acceptors (Lipinski definition) is 8. The molecule has 2 rings (SSSR count). The minimum atomic E-state index is -1.68. The fourth-order valence-corrected chi connectivity index (χ4v) is 8.81. The molecule has 0 aromatic carbocycles. The molecule has 0 aliphatic carbocycles. The van der Waals surface area contributed by atoms with E-state index in [4.69, 9.17) is 41.7 Å². The zero-order valence-electron chi connectivity index (χ0n) is 12.7. The van der Waals surface area contributed by atoms with E-state index in [0.717, 1.165) is 0 Å². The van der Waals surface area contributed by atoms with Crippen LogP contribution in [0.15, 0.2) is 24.7 Å². The monoisotopic (exact) mass is 418 g/mol. The molecule has 0 amide bonds. The minimum absolute atomic E-state index is 0.101. The molecular formula is C12H20O4P2S4. The van der Waals surface area contributed by atoms with Crippen molar-refractivity contribution in [2.45, 2.75) is 38.6 Å². The zero-order valence-corrected chi connectivity index (χ0v) is 18.0. The van der Waals surface area contributed by atoms with Gasteiger partial charge in [-0.25, -0.2) is 0 Å². The molecule has 0 aromatic rings. The Morgan fingerprint density at radius 1 is 0.818 bits per heavy atom. The molecule has 4 atom stereocenters. The van der Waals surface area contributed by atoms with Gasteiger partial charge in [-0.15, -0.1) is 0 Å². The van der Waals surface area contributed by atoms with E-state index in [2.05, 4.69) is 27.7 Å². The van der Waals surface area contributed by atoms with Crippen LogP contribution < -0.4 is 0 Å². The standard InChI is InChI=1S/C12H20O4P2S4/c1-11(2)5-7-13-17(19)15-9(11)21-22-10-12(3,4)6-8-14-18(20)16-10/h5-10,17-18H,1-4H3. The van der Waals surface area contributed by atoms with Crippen LogP contribution in [0.5, 0.6) is 0 Å². The van der Waals surface area contributed by atoms with Crippen LogP contribution in [-0.2, 0) is 41.7 Å². The highest BCUT2D eigenvalue weighted by Crippen LogP contribution is 2.53. The van der Waals surface area contributed by atoms with Gasteiger partial charge in [-0.05, 0) is 35.8 Å². The summed E-state index contributed by atoms with van der Waals surface area (Å²) in [5.41, 5.74) is -0.551. The van der Waals surface area contributed by atoms with Crippen molar-refractivity contribution < 1.29 is 18.1 Å². The molecule has 0 aromatic heterocycles. The van der Waals surface area contributed by atoms with Gasteiger partial charge in [0.15, 0.2) is 0 Å². The summed E-state index contributed by atoms with van der Waals surface area (Å²) in [7, 11) is -0.116. The lowest BCUT2D eigenvalue weighted by molar-refractivity contribution is 0.203. The van der Waals surface area contributed by atoms with E-state index in [1.165, 1.54) is 0 Å². The van der Waals surface area contributed by atoms with Gasteiger partial charge in [0.05, 0.1) is 12.5 Å². The van der Waals surface area contributed by atoms with Gasteiger partial charge in [-0.3, -0.25) is 0 Å². The summed E-state index contributed by atoms with van der Waals surface area (Å²) in [5.74, 6) is 0. The Bertz CT molecular complexity index is 475. The Hall–Kier alpha value is 1.000. The third kappa shape index (κ3) is 5.25. The third-order valence-corrected chi connectivity index (χ3v) is 9.44. The summed E-state index contributed by atoms with van der Waals surface area (Å²) in [6.07, 6.45) is 7.33. The van der Waals surface area contributed by atoms with Crippen LogP contribution in [0.3, 0.4) is 0 Å². The number of rotatable bonds is 3. The lowest BCUT2D eigenvalue weighted by Gasteiger charge is -2.32. The summed E-state index contributed by atoms with van der Waals surface area (Å²) in [5, 5.41) is 0. The predicted molar refractivity (Wildman–Crippen MR) is 104 cm³/mol. The molecular weight excluding hydrogens is 398 g/mol. The predicted octanol–water partition coefficient (Wildman–Crippen LogP) is 5.21. The van der Waals surface area contributed by atoms with Gasteiger partial charge in [0.1, 0.15) is 10.9 Å². The fraction of sp³-hybridized carbons (Fsp3) is 0.667. The van der Waals surface area contributed by atoms with Gasteiger partial charge >= 0.3 is 0 Å². The van der Waals surface area contributed by atoms with E-state index in [9.17, 15) is 0 Å². The smallest absolute Gasteiger partial charge is 0.226 e. The highest BCUT2D eigenvalue weighted by Gasteiger charge is 2.37. The largest absolute Gasteiger partial charge is 0.453 e. The summed E-state index contributed by atoms with van der Waals surface area (Å²) in [6.45, 7) is 8.41. The Balaban J connectivity index is 2.06.